The Morgan fingerprint density at radius 1 is 0.765 bits per heavy atom. The molecule has 0 spiro atoms. The maximum Gasteiger partial charge on any atom is 0.306 e. The number of unbranched alkanes of at least 4 members (excludes halogenated alkanes) is 6. The van der Waals surface area contributed by atoms with E-state index in [4.69, 9.17) is 9.47 Å². The van der Waals surface area contributed by atoms with Crippen LogP contribution in [0.25, 0.3) is 0 Å². The van der Waals surface area contributed by atoms with Gasteiger partial charge in [-0.15, -0.1) is 0 Å². The molecule has 0 atom stereocenters. The van der Waals surface area contributed by atoms with Gasteiger partial charge in [0.1, 0.15) is 25.5 Å². The number of benzene rings is 2. The number of hydrogen-bond acceptors (Lipinski definition) is 3. The van der Waals surface area contributed by atoms with Crippen LogP contribution in [0, 0.1) is 0 Å². The van der Waals surface area contributed by atoms with Gasteiger partial charge in [-0.2, -0.15) is 0 Å². The third kappa shape index (κ3) is 12.8. The molecule has 188 valence electrons. The molecule has 0 aliphatic carbocycles. The van der Waals surface area contributed by atoms with Gasteiger partial charge in [-0.05, 0) is 30.5 Å². The predicted octanol–water partition coefficient (Wildman–Crippen LogP) is 6.96. The molecule has 0 aromatic heterocycles. The fourth-order valence-corrected chi connectivity index (χ4v) is 4.23. The van der Waals surface area contributed by atoms with Crippen molar-refractivity contribution in [3.05, 3.63) is 65.7 Å². The van der Waals surface area contributed by atoms with Gasteiger partial charge in [-0.3, -0.25) is 4.79 Å². The molecular weight excluding hydrogens is 422 g/mol. The highest BCUT2D eigenvalue weighted by molar-refractivity contribution is 5.69. The van der Waals surface area contributed by atoms with E-state index in [-0.39, 0.29) is 5.97 Å². The van der Waals surface area contributed by atoms with Crippen LogP contribution < -0.4 is 4.74 Å². The number of esters is 1. The van der Waals surface area contributed by atoms with E-state index in [9.17, 15) is 4.79 Å². The van der Waals surface area contributed by atoms with Crippen molar-refractivity contribution in [2.45, 2.75) is 77.7 Å². The fourth-order valence-electron chi connectivity index (χ4n) is 4.23. The summed E-state index contributed by atoms with van der Waals surface area (Å²) >= 11 is 0. The monoisotopic (exact) mass is 468 g/mol. The maximum absolute atomic E-state index is 12.1. The predicted molar refractivity (Wildman–Crippen MR) is 141 cm³/mol. The topological polar surface area (TPSA) is 35.5 Å². The highest BCUT2D eigenvalue weighted by Crippen LogP contribution is 2.15. The maximum atomic E-state index is 12.1. The number of carbonyl (C=O) groups is 1. The summed E-state index contributed by atoms with van der Waals surface area (Å²) in [6.07, 6.45) is 11.8. The second-order valence-corrected chi connectivity index (χ2v) is 9.99. The molecule has 0 aliphatic rings. The van der Waals surface area contributed by atoms with Crippen molar-refractivity contribution in [1.29, 1.82) is 0 Å². The van der Waals surface area contributed by atoms with Crippen LogP contribution in [0.4, 0.5) is 0 Å². The normalized spacial score (nSPS) is 11.4. The van der Waals surface area contributed by atoms with Gasteiger partial charge in [-0.25, -0.2) is 0 Å². The summed E-state index contributed by atoms with van der Waals surface area (Å²) in [7, 11) is 4.40. The highest BCUT2D eigenvalue weighted by atomic mass is 16.6. The first kappa shape index (κ1) is 27.9. The van der Waals surface area contributed by atoms with Gasteiger partial charge in [0.2, 0.25) is 0 Å². The van der Waals surface area contributed by atoms with E-state index < -0.39 is 0 Å². The van der Waals surface area contributed by atoms with Crippen molar-refractivity contribution in [3.63, 3.8) is 0 Å². The van der Waals surface area contributed by atoms with Crippen LogP contribution in [0.15, 0.2) is 54.6 Å². The Kier molecular flexibility index (Phi) is 13.4. The largest absolute Gasteiger partial charge is 0.490 e. The lowest BCUT2D eigenvalue weighted by Crippen LogP contribution is -2.39. The summed E-state index contributed by atoms with van der Waals surface area (Å²) in [5.41, 5.74) is 2.68. The van der Waals surface area contributed by atoms with E-state index in [1.54, 1.807) is 0 Å². The molecule has 0 heterocycles. The molecule has 2 aromatic rings. The number of carbonyl (C=O) groups excluding carboxylic acids is 1. The second kappa shape index (κ2) is 16.3. The van der Waals surface area contributed by atoms with E-state index in [0.717, 1.165) is 36.2 Å². The number of aryl methyl sites for hydroxylation is 1. The van der Waals surface area contributed by atoms with Gasteiger partial charge in [0, 0.05) is 12.0 Å². The van der Waals surface area contributed by atoms with Crippen molar-refractivity contribution in [2.24, 2.45) is 0 Å². The minimum Gasteiger partial charge on any atom is -0.490 e. The molecule has 0 unspecified atom stereocenters. The Bertz CT molecular complexity index is 786. The number of hydrogen-bond donors (Lipinski definition) is 0. The molecule has 2 rings (SSSR count). The lowest BCUT2D eigenvalue weighted by Gasteiger charge is -2.29. The van der Waals surface area contributed by atoms with Gasteiger partial charge < -0.3 is 14.0 Å². The Morgan fingerprint density at radius 3 is 2.15 bits per heavy atom. The number of ether oxygens (including phenoxy) is 2. The number of rotatable bonds is 18. The summed E-state index contributed by atoms with van der Waals surface area (Å²) in [6, 6.07) is 18.8. The van der Waals surface area contributed by atoms with Gasteiger partial charge >= 0.3 is 5.97 Å². The van der Waals surface area contributed by atoms with Crippen LogP contribution in [0.5, 0.6) is 5.75 Å². The summed E-state index contributed by atoms with van der Waals surface area (Å²) in [5.74, 6) is 0.688. The smallest absolute Gasteiger partial charge is 0.306 e. The van der Waals surface area contributed by atoms with Crippen LogP contribution in [0.1, 0.15) is 75.8 Å². The van der Waals surface area contributed by atoms with E-state index >= 15 is 0 Å². The van der Waals surface area contributed by atoms with E-state index in [1.165, 1.54) is 56.1 Å². The first-order chi connectivity index (χ1) is 16.5. The first-order valence-electron chi connectivity index (χ1n) is 13.2. The molecule has 0 amide bonds. The summed E-state index contributed by atoms with van der Waals surface area (Å²) in [5, 5.41) is 0. The molecule has 0 bridgehead atoms. The van der Waals surface area contributed by atoms with Crippen LogP contribution in [0.3, 0.4) is 0 Å². The summed E-state index contributed by atoms with van der Waals surface area (Å²) < 4.78 is 11.9. The molecule has 0 fully saturated rings. The zero-order valence-electron chi connectivity index (χ0n) is 21.8. The minimum absolute atomic E-state index is 0.145. The Labute approximate surface area is 207 Å². The lowest BCUT2D eigenvalue weighted by atomic mass is 10.0. The Balaban J connectivity index is 1.51. The first-order valence-corrected chi connectivity index (χ1v) is 13.2. The molecule has 2 aromatic carbocycles. The molecule has 0 aliphatic heterocycles. The van der Waals surface area contributed by atoms with Gasteiger partial charge in [-0.1, -0.05) is 87.9 Å². The van der Waals surface area contributed by atoms with Crippen molar-refractivity contribution in [3.8, 4) is 5.75 Å². The van der Waals surface area contributed by atoms with Crippen LogP contribution in [-0.2, 0) is 22.5 Å². The third-order valence-electron chi connectivity index (χ3n) is 6.21. The van der Waals surface area contributed by atoms with Gasteiger partial charge in [0.05, 0.1) is 27.1 Å². The highest BCUT2D eigenvalue weighted by Gasteiger charge is 2.16. The zero-order valence-corrected chi connectivity index (χ0v) is 21.8. The third-order valence-corrected chi connectivity index (χ3v) is 6.21. The summed E-state index contributed by atoms with van der Waals surface area (Å²) in [6.45, 7) is 4.84. The minimum atomic E-state index is -0.145. The van der Waals surface area contributed by atoms with Crippen LogP contribution >= 0.6 is 0 Å². The molecule has 34 heavy (non-hydrogen) atoms. The van der Waals surface area contributed by atoms with Crippen molar-refractivity contribution < 1.29 is 18.8 Å². The van der Waals surface area contributed by atoms with Gasteiger partial charge in [0.25, 0.3) is 0 Å². The number of quaternary nitrogens is 1. The van der Waals surface area contributed by atoms with Crippen molar-refractivity contribution in [1.82, 2.24) is 0 Å². The van der Waals surface area contributed by atoms with Crippen LogP contribution in [0.2, 0.25) is 0 Å². The SMILES string of the molecule is CCCCCCCCCc1ccc(OCCOC(=O)CCC[N+](C)(C)Cc2ccccc2)cc1. The molecular formula is C30H46NO3+. The fraction of sp³-hybridized carbons (Fsp3) is 0.567. The lowest BCUT2D eigenvalue weighted by molar-refractivity contribution is -0.903. The quantitative estimate of drug-likeness (QED) is 0.135. The van der Waals surface area contributed by atoms with Crippen molar-refractivity contribution >= 4 is 5.97 Å². The summed E-state index contributed by atoms with van der Waals surface area (Å²) in [4.78, 5) is 12.1. The zero-order chi connectivity index (χ0) is 24.5. The molecule has 4 heteroatoms. The Hall–Kier alpha value is -2.33. The van der Waals surface area contributed by atoms with E-state index in [2.05, 4.69) is 57.4 Å². The molecule has 0 radical (unpaired) electrons. The molecule has 0 saturated heterocycles. The van der Waals surface area contributed by atoms with Gasteiger partial charge in [0.15, 0.2) is 0 Å². The second-order valence-electron chi connectivity index (χ2n) is 9.99. The van der Waals surface area contributed by atoms with Crippen molar-refractivity contribution in [2.75, 3.05) is 33.9 Å². The number of nitrogens with zero attached hydrogens (tertiary/aromatic N) is 1. The average molecular weight is 469 g/mol. The molecule has 0 saturated carbocycles. The van der Waals surface area contributed by atoms with Crippen LogP contribution in [-0.4, -0.2) is 44.3 Å². The van der Waals surface area contributed by atoms with E-state index in [1.807, 2.05) is 18.2 Å². The molecule has 4 nitrogen and oxygen atoms in total. The molecule has 0 N–H and O–H groups in total. The Morgan fingerprint density at radius 2 is 1.44 bits per heavy atom. The van der Waals surface area contributed by atoms with E-state index in [0.29, 0.717) is 19.6 Å². The average Bonchev–Trinajstić information content (AvgIpc) is 2.82. The standard InChI is InChI=1S/C30H46NO3/c1-4-5-6-7-8-9-11-15-27-19-21-29(22-20-27)33-24-25-34-30(32)18-14-23-31(2,3)26-28-16-12-10-13-17-28/h10,12-13,16-17,19-22H,4-9,11,14-15,18,23-26H2,1-3H3/q+1.